The third-order valence-electron chi connectivity index (χ3n) is 8.02. The zero-order valence-corrected chi connectivity index (χ0v) is 20.6. The predicted molar refractivity (Wildman–Crippen MR) is 136 cm³/mol. The van der Waals surface area contributed by atoms with Gasteiger partial charge in [0.25, 0.3) is 0 Å². The normalized spacial score (nSPS) is 23.8. The number of ether oxygens (including phenoxy) is 2. The Kier molecular flexibility index (Phi) is 5.60. The molecule has 10 heteroatoms. The lowest BCUT2D eigenvalue weighted by Crippen LogP contribution is -2.53. The van der Waals surface area contributed by atoms with E-state index in [9.17, 15) is 0 Å². The summed E-state index contributed by atoms with van der Waals surface area (Å²) < 4.78 is 15.3. The van der Waals surface area contributed by atoms with Gasteiger partial charge in [-0.3, -0.25) is 4.90 Å². The number of aromatic nitrogens is 6. The Morgan fingerprint density at radius 3 is 2.58 bits per heavy atom. The summed E-state index contributed by atoms with van der Waals surface area (Å²) >= 11 is 0. The van der Waals surface area contributed by atoms with Crippen LogP contribution in [0.1, 0.15) is 37.5 Å². The molecule has 188 valence electrons. The second kappa shape index (κ2) is 9.10. The number of aryl methyl sites for hydroxylation is 1. The molecule has 0 atom stereocenters. The highest BCUT2D eigenvalue weighted by atomic mass is 16.5. The number of imidazole rings is 1. The van der Waals surface area contributed by atoms with Crippen molar-refractivity contribution >= 4 is 22.6 Å². The summed E-state index contributed by atoms with van der Waals surface area (Å²) in [5, 5.41) is 8.27. The molecule has 4 aromatic rings. The van der Waals surface area contributed by atoms with Crippen molar-refractivity contribution in [2.45, 2.75) is 50.7 Å². The predicted octanol–water partition coefficient (Wildman–Crippen LogP) is 3.08. The molecule has 4 aromatic heterocycles. The molecular weight excluding hydrogens is 456 g/mol. The van der Waals surface area contributed by atoms with Crippen LogP contribution in [0.25, 0.3) is 27.8 Å². The molecule has 0 radical (unpaired) electrons. The summed E-state index contributed by atoms with van der Waals surface area (Å²) in [6.45, 7) is 7.45. The average Bonchev–Trinajstić information content (AvgIpc) is 3.46. The monoisotopic (exact) mass is 488 g/mol. The number of hydrogen-bond donors (Lipinski definition) is 1. The molecule has 6 heterocycles. The highest BCUT2D eigenvalue weighted by molar-refractivity contribution is 5.85. The molecule has 7 rings (SSSR count). The van der Waals surface area contributed by atoms with Crippen LogP contribution >= 0.6 is 0 Å². The summed E-state index contributed by atoms with van der Waals surface area (Å²) in [4.78, 5) is 16.6. The Bertz CT molecular complexity index is 1380. The number of hydrogen-bond acceptors (Lipinski definition) is 8. The van der Waals surface area contributed by atoms with Crippen molar-refractivity contribution in [3.63, 3.8) is 0 Å². The third kappa shape index (κ3) is 3.93. The van der Waals surface area contributed by atoms with E-state index in [0.717, 1.165) is 98.8 Å². The van der Waals surface area contributed by atoms with Crippen molar-refractivity contribution < 1.29 is 9.47 Å². The van der Waals surface area contributed by atoms with Crippen LogP contribution in [0.5, 0.6) is 0 Å². The van der Waals surface area contributed by atoms with Crippen molar-refractivity contribution in [2.24, 2.45) is 0 Å². The fourth-order valence-electron chi connectivity index (χ4n) is 5.98. The highest BCUT2D eigenvalue weighted by Gasteiger charge is 2.34. The summed E-state index contributed by atoms with van der Waals surface area (Å²) in [6, 6.07) is 5.77. The van der Waals surface area contributed by atoms with Gasteiger partial charge in [-0.05, 0) is 44.7 Å². The van der Waals surface area contributed by atoms with Gasteiger partial charge in [-0.2, -0.15) is 0 Å². The SMILES string of the molecule is Cc1nc2ncc(-c3ccn4nc(N[C@H]5C[C@@H](N6CCOCC6)C5)ncc34)cc2n1C1CCOCC1. The first-order valence-corrected chi connectivity index (χ1v) is 13.1. The zero-order chi connectivity index (χ0) is 24.1. The van der Waals surface area contributed by atoms with Gasteiger partial charge in [0.05, 0.1) is 30.4 Å². The van der Waals surface area contributed by atoms with Crippen molar-refractivity contribution in [3.8, 4) is 11.1 Å². The molecular formula is C26H32N8O2. The molecule has 0 bridgehead atoms. The van der Waals surface area contributed by atoms with Crippen LogP contribution < -0.4 is 5.32 Å². The molecule has 3 aliphatic rings. The molecule has 0 amide bonds. The number of fused-ring (bicyclic) bond motifs is 2. The fraction of sp³-hybridized carbons (Fsp3) is 0.538. The van der Waals surface area contributed by atoms with E-state index in [4.69, 9.17) is 24.5 Å². The number of morpholine rings is 1. The quantitative estimate of drug-likeness (QED) is 0.458. The number of anilines is 1. The van der Waals surface area contributed by atoms with E-state index >= 15 is 0 Å². The Balaban J connectivity index is 1.11. The molecule has 2 aliphatic heterocycles. The van der Waals surface area contributed by atoms with E-state index < -0.39 is 0 Å². The average molecular weight is 489 g/mol. The standard InChI is InChI=1S/C26H32N8O2/c1-17-29-25-23(34(17)20-3-8-35-9-4-20)12-18(15-27-25)22-2-5-33-24(22)16-28-26(31-33)30-19-13-21(14-19)32-6-10-36-11-7-32/h2,5,12,15-16,19-21H,3-4,6-11,13-14H2,1H3,(H,30,31)/t19-,21+. The smallest absolute Gasteiger partial charge is 0.241 e. The van der Waals surface area contributed by atoms with E-state index in [1.54, 1.807) is 0 Å². The molecule has 0 aromatic carbocycles. The first-order chi connectivity index (χ1) is 17.7. The lowest BCUT2D eigenvalue weighted by atomic mass is 9.85. The van der Waals surface area contributed by atoms with Crippen molar-refractivity contribution in [1.82, 2.24) is 34.0 Å². The van der Waals surface area contributed by atoms with E-state index in [1.807, 2.05) is 23.1 Å². The van der Waals surface area contributed by atoms with Crippen molar-refractivity contribution in [2.75, 3.05) is 44.8 Å². The van der Waals surface area contributed by atoms with Crippen LogP contribution in [0.3, 0.4) is 0 Å². The fourth-order valence-corrected chi connectivity index (χ4v) is 5.98. The van der Waals surface area contributed by atoms with Gasteiger partial charge in [-0.25, -0.2) is 19.5 Å². The Morgan fingerprint density at radius 2 is 1.75 bits per heavy atom. The van der Waals surface area contributed by atoms with Crippen LogP contribution in [0.15, 0.2) is 30.7 Å². The van der Waals surface area contributed by atoms with Gasteiger partial charge in [0, 0.05) is 67.9 Å². The molecule has 36 heavy (non-hydrogen) atoms. The molecule has 2 saturated heterocycles. The van der Waals surface area contributed by atoms with Crippen LogP contribution in [-0.4, -0.2) is 85.6 Å². The van der Waals surface area contributed by atoms with E-state index in [0.29, 0.717) is 24.1 Å². The summed E-state index contributed by atoms with van der Waals surface area (Å²) in [5.74, 6) is 1.69. The summed E-state index contributed by atoms with van der Waals surface area (Å²) in [7, 11) is 0. The second-order valence-corrected chi connectivity index (χ2v) is 10.2. The maximum Gasteiger partial charge on any atom is 0.241 e. The van der Waals surface area contributed by atoms with E-state index in [-0.39, 0.29) is 0 Å². The van der Waals surface area contributed by atoms with Crippen LogP contribution in [0, 0.1) is 6.92 Å². The molecule has 1 aliphatic carbocycles. The number of rotatable bonds is 5. The van der Waals surface area contributed by atoms with Gasteiger partial charge < -0.3 is 19.4 Å². The minimum atomic E-state index is 0.401. The first-order valence-electron chi connectivity index (χ1n) is 13.1. The van der Waals surface area contributed by atoms with Gasteiger partial charge in [0.15, 0.2) is 5.65 Å². The minimum absolute atomic E-state index is 0.401. The van der Waals surface area contributed by atoms with Gasteiger partial charge in [-0.15, -0.1) is 5.10 Å². The lowest BCUT2D eigenvalue weighted by Gasteiger charge is -2.44. The molecule has 3 fully saturated rings. The molecule has 0 unspecified atom stereocenters. The summed E-state index contributed by atoms with van der Waals surface area (Å²) in [6.07, 6.45) is 10.1. The van der Waals surface area contributed by atoms with Crippen molar-refractivity contribution in [3.05, 3.63) is 36.5 Å². The number of pyridine rings is 1. The van der Waals surface area contributed by atoms with E-state index in [2.05, 4.69) is 38.8 Å². The second-order valence-electron chi connectivity index (χ2n) is 10.2. The van der Waals surface area contributed by atoms with Gasteiger partial charge in [0.1, 0.15) is 5.82 Å². The largest absolute Gasteiger partial charge is 0.381 e. The Hall–Kier alpha value is -3.08. The van der Waals surface area contributed by atoms with Crippen LogP contribution in [-0.2, 0) is 9.47 Å². The Labute approximate surface area is 209 Å². The maximum atomic E-state index is 5.58. The molecule has 1 N–H and O–H groups in total. The van der Waals surface area contributed by atoms with Gasteiger partial charge >= 0.3 is 0 Å². The van der Waals surface area contributed by atoms with Crippen LogP contribution in [0.2, 0.25) is 0 Å². The van der Waals surface area contributed by atoms with Gasteiger partial charge in [0.2, 0.25) is 5.95 Å². The number of nitrogens with one attached hydrogen (secondary N) is 1. The van der Waals surface area contributed by atoms with Gasteiger partial charge in [-0.1, -0.05) is 0 Å². The minimum Gasteiger partial charge on any atom is -0.381 e. The first kappa shape index (κ1) is 22.1. The number of nitrogens with zero attached hydrogens (tertiary/aromatic N) is 7. The molecule has 10 nitrogen and oxygen atoms in total. The Morgan fingerprint density at radius 1 is 0.944 bits per heavy atom. The van der Waals surface area contributed by atoms with E-state index in [1.165, 1.54) is 0 Å². The highest BCUT2D eigenvalue weighted by Crippen LogP contribution is 2.32. The summed E-state index contributed by atoms with van der Waals surface area (Å²) in [5.41, 5.74) is 4.97. The molecule has 1 saturated carbocycles. The van der Waals surface area contributed by atoms with Crippen molar-refractivity contribution in [1.29, 1.82) is 0 Å². The third-order valence-corrected chi connectivity index (χ3v) is 8.02. The molecule has 0 spiro atoms. The van der Waals surface area contributed by atoms with Crippen LogP contribution in [0.4, 0.5) is 5.95 Å². The zero-order valence-electron chi connectivity index (χ0n) is 20.6. The lowest BCUT2D eigenvalue weighted by molar-refractivity contribution is -0.00443. The maximum absolute atomic E-state index is 5.58. The topological polar surface area (TPSA) is 94.6 Å².